The predicted molar refractivity (Wildman–Crippen MR) is 71.9 cm³/mol. The second-order valence-electron chi connectivity index (χ2n) is 3.91. The molecule has 1 saturated heterocycles. The average molecular weight is 256 g/mol. The molecule has 0 unspecified atom stereocenters. The second kappa shape index (κ2) is 6.47. The summed E-state index contributed by atoms with van der Waals surface area (Å²) in [6.45, 7) is 3.34. The number of carbonyl (C=O) groups excluding carboxylic acids is 1. The van der Waals surface area contributed by atoms with E-state index in [4.69, 9.17) is 0 Å². The summed E-state index contributed by atoms with van der Waals surface area (Å²) in [7, 11) is 1.82. The van der Waals surface area contributed by atoms with Gasteiger partial charge in [0, 0.05) is 38.9 Å². The molecule has 4 nitrogen and oxygen atoms in total. The molecule has 1 N–H and O–H groups in total. The number of urea groups is 1. The molecule has 94 valence electrons. The van der Waals surface area contributed by atoms with Crippen molar-refractivity contribution in [2.45, 2.75) is 0 Å². The molecule has 1 aromatic carbocycles. The van der Waals surface area contributed by atoms with E-state index in [0.29, 0.717) is 0 Å². The van der Waals surface area contributed by atoms with Crippen LogP contribution in [-0.4, -0.2) is 44.2 Å². The standard InChI is InChI=1S/C12H17N3O.ClH/c1-14(11-5-3-2-4-6-11)12(16)15-9-7-13-8-10-15;/h2-6,13H,7-10H2,1H3;1H. The van der Waals surface area contributed by atoms with Crippen LogP contribution in [0, 0.1) is 0 Å². The van der Waals surface area contributed by atoms with Gasteiger partial charge in [-0.2, -0.15) is 0 Å². The third-order valence-corrected chi connectivity index (χ3v) is 2.82. The van der Waals surface area contributed by atoms with E-state index in [1.54, 1.807) is 4.90 Å². The Balaban J connectivity index is 0.00000144. The maximum atomic E-state index is 12.1. The van der Waals surface area contributed by atoms with Gasteiger partial charge in [-0.3, -0.25) is 4.90 Å². The number of nitrogens with zero attached hydrogens (tertiary/aromatic N) is 2. The number of rotatable bonds is 1. The first kappa shape index (κ1) is 13.8. The van der Waals surface area contributed by atoms with Crippen LogP contribution >= 0.6 is 12.4 Å². The summed E-state index contributed by atoms with van der Waals surface area (Å²) in [6.07, 6.45) is 0. The highest BCUT2D eigenvalue weighted by Crippen LogP contribution is 2.13. The lowest BCUT2D eigenvalue weighted by Crippen LogP contribution is -2.50. The van der Waals surface area contributed by atoms with Crippen LogP contribution in [0.4, 0.5) is 10.5 Å². The lowest BCUT2D eigenvalue weighted by atomic mass is 10.3. The van der Waals surface area contributed by atoms with Gasteiger partial charge in [-0.05, 0) is 12.1 Å². The number of anilines is 1. The Morgan fingerprint density at radius 3 is 2.41 bits per heavy atom. The van der Waals surface area contributed by atoms with E-state index in [9.17, 15) is 4.79 Å². The Morgan fingerprint density at radius 1 is 1.24 bits per heavy atom. The lowest BCUT2D eigenvalue weighted by molar-refractivity contribution is 0.198. The first-order valence-electron chi connectivity index (χ1n) is 5.57. The highest BCUT2D eigenvalue weighted by Gasteiger charge is 2.20. The molecule has 1 aliphatic heterocycles. The fraction of sp³-hybridized carbons (Fsp3) is 0.417. The third kappa shape index (κ3) is 3.35. The number of nitrogens with one attached hydrogen (secondary N) is 1. The number of benzene rings is 1. The summed E-state index contributed by atoms with van der Waals surface area (Å²) in [5.74, 6) is 0. The molecular weight excluding hydrogens is 238 g/mol. The molecule has 1 aliphatic rings. The number of piperazine rings is 1. The molecule has 1 heterocycles. The zero-order valence-corrected chi connectivity index (χ0v) is 10.7. The molecule has 0 saturated carbocycles. The van der Waals surface area contributed by atoms with Crippen LogP contribution in [0.1, 0.15) is 0 Å². The van der Waals surface area contributed by atoms with Gasteiger partial charge in [0.15, 0.2) is 0 Å². The molecule has 1 fully saturated rings. The minimum atomic E-state index is 0. The number of hydrogen-bond donors (Lipinski definition) is 1. The number of para-hydroxylation sites is 1. The smallest absolute Gasteiger partial charge is 0.322 e. The van der Waals surface area contributed by atoms with Crippen LogP contribution in [0.2, 0.25) is 0 Å². The first-order chi connectivity index (χ1) is 7.79. The maximum Gasteiger partial charge on any atom is 0.324 e. The zero-order valence-electron chi connectivity index (χ0n) is 9.93. The van der Waals surface area contributed by atoms with Crippen LogP contribution in [0.15, 0.2) is 30.3 Å². The Bertz CT molecular complexity index is 352. The van der Waals surface area contributed by atoms with Crippen LogP contribution in [-0.2, 0) is 0 Å². The first-order valence-corrected chi connectivity index (χ1v) is 5.57. The lowest BCUT2D eigenvalue weighted by Gasteiger charge is -2.31. The van der Waals surface area contributed by atoms with E-state index < -0.39 is 0 Å². The van der Waals surface area contributed by atoms with E-state index in [2.05, 4.69) is 5.32 Å². The van der Waals surface area contributed by atoms with Crippen molar-refractivity contribution in [2.75, 3.05) is 38.1 Å². The van der Waals surface area contributed by atoms with E-state index in [0.717, 1.165) is 31.9 Å². The van der Waals surface area contributed by atoms with Crippen molar-refractivity contribution in [3.63, 3.8) is 0 Å². The summed E-state index contributed by atoms with van der Waals surface area (Å²) in [4.78, 5) is 15.7. The minimum absolute atomic E-state index is 0. The van der Waals surface area contributed by atoms with Crippen molar-refractivity contribution < 1.29 is 4.79 Å². The molecule has 0 radical (unpaired) electrons. The summed E-state index contributed by atoms with van der Waals surface area (Å²) in [5, 5.41) is 3.24. The fourth-order valence-electron chi connectivity index (χ4n) is 1.83. The highest BCUT2D eigenvalue weighted by atomic mass is 35.5. The normalized spacial score (nSPS) is 15.0. The van der Waals surface area contributed by atoms with Crippen LogP contribution in [0.3, 0.4) is 0 Å². The fourth-order valence-corrected chi connectivity index (χ4v) is 1.83. The number of halogens is 1. The number of amides is 2. The van der Waals surface area contributed by atoms with Crippen molar-refractivity contribution in [3.8, 4) is 0 Å². The summed E-state index contributed by atoms with van der Waals surface area (Å²) >= 11 is 0. The van der Waals surface area contributed by atoms with Gasteiger partial charge in [0.05, 0.1) is 0 Å². The Morgan fingerprint density at radius 2 is 1.82 bits per heavy atom. The molecular formula is C12H18ClN3O. The van der Waals surface area contributed by atoms with Gasteiger partial charge in [0.1, 0.15) is 0 Å². The van der Waals surface area contributed by atoms with Gasteiger partial charge >= 0.3 is 6.03 Å². The van der Waals surface area contributed by atoms with Gasteiger partial charge in [-0.1, -0.05) is 18.2 Å². The second-order valence-corrected chi connectivity index (χ2v) is 3.91. The van der Waals surface area contributed by atoms with Gasteiger partial charge in [-0.25, -0.2) is 4.79 Å². The van der Waals surface area contributed by atoms with Crippen molar-refractivity contribution in [2.24, 2.45) is 0 Å². The predicted octanol–water partition coefficient (Wildman–Crippen LogP) is 1.57. The van der Waals surface area contributed by atoms with Gasteiger partial charge in [0.25, 0.3) is 0 Å². The topological polar surface area (TPSA) is 35.6 Å². The van der Waals surface area contributed by atoms with E-state index in [-0.39, 0.29) is 18.4 Å². The van der Waals surface area contributed by atoms with Crippen molar-refractivity contribution in [1.29, 1.82) is 0 Å². The Kier molecular flexibility index (Phi) is 5.25. The molecule has 17 heavy (non-hydrogen) atoms. The SMILES string of the molecule is CN(C(=O)N1CCNCC1)c1ccccc1.Cl. The Labute approximate surface area is 108 Å². The van der Waals surface area contributed by atoms with Crippen molar-refractivity contribution in [1.82, 2.24) is 10.2 Å². The Hall–Kier alpha value is -1.26. The summed E-state index contributed by atoms with van der Waals surface area (Å²) in [6, 6.07) is 9.80. The zero-order chi connectivity index (χ0) is 11.4. The summed E-state index contributed by atoms with van der Waals surface area (Å²) < 4.78 is 0. The van der Waals surface area contributed by atoms with Crippen LogP contribution < -0.4 is 10.2 Å². The van der Waals surface area contributed by atoms with Crippen LogP contribution in [0.5, 0.6) is 0 Å². The highest BCUT2D eigenvalue weighted by molar-refractivity contribution is 5.91. The molecule has 0 bridgehead atoms. The van der Waals surface area contributed by atoms with Crippen LogP contribution in [0.25, 0.3) is 0 Å². The van der Waals surface area contributed by atoms with E-state index in [1.165, 1.54) is 0 Å². The minimum Gasteiger partial charge on any atom is -0.322 e. The molecule has 0 aromatic heterocycles. The third-order valence-electron chi connectivity index (χ3n) is 2.82. The molecule has 1 aromatic rings. The quantitative estimate of drug-likeness (QED) is 0.827. The molecule has 0 spiro atoms. The largest absolute Gasteiger partial charge is 0.324 e. The summed E-state index contributed by atoms with van der Waals surface area (Å²) in [5.41, 5.74) is 0.936. The molecule has 2 rings (SSSR count). The molecule has 0 aliphatic carbocycles. The molecule has 2 amide bonds. The van der Waals surface area contributed by atoms with Crippen molar-refractivity contribution >= 4 is 24.1 Å². The number of hydrogen-bond acceptors (Lipinski definition) is 2. The number of carbonyl (C=O) groups is 1. The monoisotopic (exact) mass is 255 g/mol. The van der Waals surface area contributed by atoms with Gasteiger partial charge in [0.2, 0.25) is 0 Å². The van der Waals surface area contributed by atoms with Crippen molar-refractivity contribution in [3.05, 3.63) is 30.3 Å². The van der Waals surface area contributed by atoms with E-state index in [1.807, 2.05) is 42.3 Å². The van der Waals surface area contributed by atoms with E-state index >= 15 is 0 Å². The van der Waals surface area contributed by atoms with Gasteiger partial charge in [-0.15, -0.1) is 12.4 Å². The maximum absolute atomic E-state index is 12.1. The van der Waals surface area contributed by atoms with Gasteiger partial charge < -0.3 is 10.2 Å². The average Bonchev–Trinajstić information content (AvgIpc) is 2.39. The molecule has 0 atom stereocenters. The molecule has 5 heteroatoms.